The first-order chi connectivity index (χ1) is 14.5. The molecular weight excluding hydrogens is 364 g/mol. The number of nitrogens with zero attached hydrogens (tertiary/aromatic N) is 1. The van der Waals surface area contributed by atoms with Gasteiger partial charge in [-0.15, -0.1) is 6.58 Å². The number of fused-ring (bicyclic) bond motifs is 2. The maximum Gasteiger partial charge on any atom is 0.0237 e. The molecule has 4 rings (SSSR count). The number of hydrogen-bond acceptors (Lipinski definition) is 2. The average Bonchev–Trinajstić information content (AvgIpc) is 2.73. The average molecular weight is 403 g/mol. The summed E-state index contributed by atoms with van der Waals surface area (Å²) in [6, 6.07) is 9.81. The fourth-order valence-corrected chi connectivity index (χ4v) is 5.35. The molecule has 1 unspecified atom stereocenters. The molecule has 0 amide bonds. The molecule has 2 aliphatic heterocycles. The molecular formula is C28H38N2. The second-order valence-corrected chi connectivity index (χ2v) is 9.75. The summed E-state index contributed by atoms with van der Waals surface area (Å²) in [5.41, 5.74) is 12.2. The van der Waals surface area contributed by atoms with Crippen LogP contribution in [0.2, 0.25) is 0 Å². The van der Waals surface area contributed by atoms with Crippen LogP contribution in [0.1, 0.15) is 77.1 Å². The molecule has 2 heteroatoms. The smallest absolute Gasteiger partial charge is 0.0237 e. The highest BCUT2D eigenvalue weighted by molar-refractivity contribution is 5.43. The van der Waals surface area contributed by atoms with Gasteiger partial charge in [0.25, 0.3) is 0 Å². The van der Waals surface area contributed by atoms with Crippen molar-refractivity contribution >= 4 is 0 Å². The highest BCUT2D eigenvalue weighted by Crippen LogP contribution is 2.31. The molecule has 30 heavy (non-hydrogen) atoms. The van der Waals surface area contributed by atoms with Crippen molar-refractivity contribution in [3.63, 3.8) is 0 Å². The van der Waals surface area contributed by atoms with Crippen molar-refractivity contribution in [3.05, 3.63) is 81.4 Å². The van der Waals surface area contributed by atoms with Gasteiger partial charge >= 0.3 is 0 Å². The van der Waals surface area contributed by atoms with Crippen LogP contribution in [0.15, 0.2) is 36.9 Å². The normalized spacial score (nSPS) is 17.5. The third kappa shape index (κ3) is 4.40. The first kappa shape index (κ1) is 21.3. The van der Waals surface area contributed by atoms with E-state index in [0.29, 0.717) is 11.8 Å². The van der Waals surface area contributed by atoms with Gasteiger partial charge in [-0.25, -0.2) is 0 Å². The minimum atomic E-state index is 0.554. The fourth-order valence-electron chi connectivity index (χ4n) is 5.35. The van der Waals surface area contributed by atoms with Crippen LogP contribution in [-0.2, 0) is 32.4 Å². The Kier molecular flexibility index (Phi) is 6.46. The Morgan fingerprint density at radius 2 is 1.83 bits per heavy atom. The Morgan fingerprint density at radius 1 is 1.03 bits per heavy atom. The quantitative estimate of drug-likeness (QED) is 0.628. The molecule has 0 bridgehead atoms. The van der Waals surface area contributed by atoms with E-state index in [0.717, 1.165) is 45.6 Å². The molecule has 2 aromatic carbocycles. The molecule has 2 aromatic rings. The van der Waals surface area contributed by atoms with Gasteiger partial charge in [0.15, 0.2) is 0 Å². The summed E-state index contributed by atoms with van der Waals surface area (Å²) in [7, 11) is 0. The molecule has 2 nitrogen and oxygen atoms in total. The molecule has 0 aromatic heterocycles. The second-order valence-electron chi connectivity index (χ2n) is 9.75. The zero-order chi connectivity index (χ0) is 21.3. The highest BCUT2D eigenvalue weighted by atomic mass is 15.1. The lowest BCUT2D eigenvalue weighted by molar-refractivity contribution is 0.241. The van der Waals surface area contributed by atoms with Gasteiger partial charge in [0.05, 0.1) is 0 Å². The van der Waals surface area contributed by atoms with Crippen LogP contribution in [0, 0.1) is 6.92 Å². The van der Waals surface area contributed by atoms with Gasteiger partial charge < -0.3 is 5.32 Å². The van der Waals surface area contributed by atoms with Crippen LogP contribution in [0.25, 0.3) is 0 Å². The van der Waals surface area contributed by atoms with Gasteiger partial charge in [0, 0.05) is 26.2 Å². The lowest BCUT2D eigenvalue weighted by Crippen LogP contribution is -2.34. The maximum atomic E-state index is 3.99. The first-order valence-electron chi connectivity index (χ1n) is 11.8. The first-order valence-corrected chi connectivity index (χ1v) is 11.8. The van der Waals surface area contributed by atoms with Crippen LogP contribution in [0.5, 0.6) is 0 Å². The topological polar surface area (TPSA) is 15.3 Å². The Hall–Kier alpha value is -1.90. The minimum absolute atomic E-state index is 0.554. The van der Waals surface area contributed by atoms with E-state index >= 15 is 0 Å². The molecule has 160 valence electrons. The summed E-state index contributed by atoms with van der Waals surface area (Å²) in [4.78, 5) is 2.67. The van der Waals surface area contributed by atoms with Crippen molar-refractivity contribution in [2.45, 2.75) is 71.9 Å². The molecule has 2 aliphatic rings. The van der Waals surface area contributed by atoms with E-state index in [1.54, 1.807) is 16.7 Å². The largest absolute Gasteiger partial charge is 0.312 e. The predicted molar refractivity (Wildman–Crippen MR) is 128 cm³/mol. The van der Waals surface area contributed by atoms with Crippen molar-refractivity contribution in [3.8, 4) is 0 Å². The van der Waals surface area contributed by atoms with E-state index < -0.39 is 0 Å². The third-order valence-electron chi connectivity index (χ3n) is 7.12. The number of nitrogens with one attached hydrogen (secondary N) is 1. The molecule has 0 aliphatic carbocycles. The Balaban J connectivity index is 1.52. The van der Waals surface area contributed by atoms with E-state index in [-0.39, 0.29) is 0 Å². The summed E-state index contributed by atoms with van der Waals surface area (Å²) < 4.78 is 0. The maximum absolute atomic E-state index is 3.99. The van der Waals surface area contributed by atoms with Crippen molar-refractivity contribution in [2.24, 2.45) is 0 Å². The summed E-state index contributed by atoms with van der Waals surface area (Å²) in [5, 5.41) is 3.54. The van der Waals surface area contributed by atoms with Gasteiger partial charge in [-0.05, 0) is 89.1 Å². The standard InChI is InChI=1S/C28H38N2/c1-6-7-22-13-23(19(2)3)14-26-18-30(11-9-28(22)26)17-21(5)24-12-20(4)27-8-10-29-16-25(27)15-24/h6,12-15,19,21,29H,1,7-11,16-18H2,2-5H3. The van der Waals surface area contributed by atoms with Gasteiger partial charge in [-0.3, -0.25) is 4.90 Å². The number of benzene rings is 2. The fraction of sp³-hybridized carbons (Fsp3) is 0.500. The highest BCUT2D eigenvalue weighted by Gasteiger charge is 2.23. The van der Waals surface area contributed by atoms with E-state index in [1.807, 2.05) is 0 Å². The number of aryl methyl sites for hydroxylation is 1. The van der Waals surface area contributed by atoms with Crippen molar-refractivity contribution in [1.82, 2.24) is 10.2 Å². The lowest BCUT2D eigenvalue weighted by atomic mass is 9.87. The van der Waals surface area contributed by atoms with Crippen LogP contribution in [0.3, 0.4) is 0 Å². The summed E-state index contributed by atoms with van der Waals surface area (Å²) in [6.45, 7) is 18.8. The van der Waals surface area contributed by atoms with Crippen LogP contribution >= 0.6 is 0 Å². The Labute approximate surface area is 183 Å². The minimum Gasteiger partial charge on any atom is -0.312 e. The van der Waals surface area contributed by atoms with Crippen molar-refractivity contribution in [1.29, 1.82) is 0 Å². The molecule has 1 N–H and O–H groups in total. The number of hydrogen-bond donors (Lipinski definition) is 1. The van der Waals surface area contributed by atoms with Gasteiger partial charge in [-0.1, -0.05) is 51.1 Å². The monoisotopic (exact) mass is 402 g/mol. The molecule has 1 atom stereocenters. The molecule has 0 saturated carbocycles. The second kappa shape index (κ2) is 9.08. The van der Waals surface area contributed by atoms with Crippen molar-refractivity contribution in [2.75, 3.05) is 19.6 Å². The molecule has 0 saturated heterocycles. The van der Waals surface area contributed by atoms with Crippen molar-refractivity contribution < 1.29 is 0 Å². The van der Waals surface area contributed by atoms with E-state index in [2.05, 4.69) is 74.8 Å². The van der Waals surface area contributed by atoms with E-state index in [1.165, 1.54) is 34.2 Å². The third-order valence-corrected chi connectivity index (χ3v) is 7.12. The van der Waals surface area contributed by atoms with Crippen LogP contribution in [-0.4, -0.2) is 24.5 Å². The SMILES string of the molecule is C=CCc1cc(C(C)C)cc2c1CCN(CC(C)c1cc(C)c3c(c1)CNCC3)C2. The van der Waals surface area contributed by atoms with E-state index in [9.17, 15) is 0 Å². The lowest BCUT2D eigenvalue weighted by Gasteiger charge is -2.33. The van der Waals surface area contributed by atoms with Crippen LogP contribution in [0.4, 0.5) is 0 Å². The molecule has 2 heterocycles. The zero-order valence-corrected chi connectivity index (χ0v) is 19.4. The summed E-state index contributed by atoms with van der Waals surface area (Å²) in [6.07, 6.45) is 5.38. The predicted octanol–water partition coefficient (Wildman–Crippen LogP) is 5.65. The van der Waals surface area contributed by atoms with Gasteiger partial charge in [-0.2, -0.15) is 0 Å². The molecule has 0 fully saturated rings. The number of allylic oxidation sites excluding steroid dienone is 1. The summed E-state index contributed by atoms with van der Waals surface area (Å²) in [5.74, 6) is 1.12. The zero-order valence-electron chi connectivity index (χ0n) is 19.4. The Morgan fingerprint density at radius 3 is 2.60 bits per heavy atom. The molecule has 0 spiro atoms. The Bertz CT molecular complexity index is 925. The van der Waals surface area contributed by atoms with Crippen LogP contribution < -0.4 is 5.32 Å². The number of rotatable bonds is 6. The van der Waals surface area contributed by atoms with Gasteiger partial charge in [0.2, 0.25) is 0 Å². The van der Waals surface area contributed by atoms with Gasteiger partial charge in [0.1, 0.15) is 0 Å². The summed E-state index contributed by atoms with van der Waals surface area (Å²) >= 11 is 0. The van der Waals surface area contributed by atoms with E-state index in [4.69, 9.17) is 0 Å². The molecule has 0 radical (unpaired) electrons.